The van der Waals surface area contributed by atoms with E-state index < -0.39 is 0 Å². The maximum Gasteiger partial charge on any atom is 0.257 e. The molecule has 0 unspecified atom stereocenters. The number of pyridine rings is 1. The second kappa shape index (κ2) is 4.59. The van der Waals surface area contributed by atoms with E-state index in [2.05, 4.69) is 9.97 Å². The van der Waals surface area contributed by atoms with Crippen LogP contribution in [0.2, 0.25) is 0 Å². The molecule has 19 heavy (non-hydrogen) atoms. The third-order valence-corrected chi connectivity index (χ3v) is 3.85. The molecule has 1 N–H and O–H groups in total. The fourth-order valence-corrected chi connectivity index (χ4v) is 2.69. The summed E-state index contributed by atoms with van der Waals surface area (Å²) in [7, 11) is 1.95. The summed E-state index contributed by atoms with van der Waals surface area (Å²) in [6.45, 7) is 0. The van der Waals surface area contributed by atoms with E-state index in [1.165, 1.54) is 0 Å². The molecule has 0 saturated carbocycles. The SMILES string of the molecule is CSc1nc2[nH]c(=O)c(-c3ccccc3)cc2n1C. The first-order valence-corrected chi connectivity index (χ1v) is 7.12. The number of rotatable bonds is 2. The average Bonchev–Trinajstić information content (AvgIpc) is 2.75. The molecular weight excluding hydrogens is 258 g/mol. The molecule has 0 atom stereocenters. The van der Waals surface area contributed by atoms with Crippen molar-refractivity contribution in [3.63, 3.8) is 0 Å². The van der Waals surface area contributed by atoms with E-state index in [1.807, 2.05) is 54.3 Å². The van der Waals surface area contributed by atoms with Gasteiger partial charge in [0.05, 0.1) is 5.52 Å². The number of hydrogen-bond donors (Lipinski definition) is 1. The lowest BCUT2D eigenvalue weighted by Gasteiger charge is -2.02. The highest BCUT2D eigenvalue weighted by Gasteiger charge is 2.11. The van der Waals surface area contributed by atoms with Gasteiger partial charge in [-0.3, -0.25) is 4.79 Å². The highest BCUT2D eigenvalue weighted by atomic mass is 32.2. The summed E-state index contributed by atoms with van der Waals surface area (Å²) in [5, 5.41) is 0.885. The van der Waals surface area contributed by atoms with Gasteiger partial charge in [0.15, 0.2) is 10.8 Å². The predicted molar refractivity (Wildman–Crippen MR) is 78.6 cm³/mol. The van der Waals surface area contributed by atoms with Crippen molar-refractivity contribution in [2.75, 3.05) is 6.26 Å². The van der Waals surface area contributed by atoms with Crippen molar-refractivity contribution in [3.05, 3.63) is 46.8 Å². The van der Waals surface area contributed by atoms with Gasteiger partial charge < -0.3 is 9.55 Å². The molecule has 0 aliphatic carbocycles. The number of fused-ring (bicyclic) bond motifs is 1. The number of aromatic nitrogens is 3. The Balaban J connectivity index is 2.30. The minimum Gasteiger partial charge on any atom is -0.321 e. The van der Waals surface area contributed by atoms with Crippen molar-refractivity contribution in [1.82, 2.24) is 14.5 Å². The molecule has 0 aliphatic heterocycles. The zero-order valence-electron chi connectivity index (χ0n) is 10.7. The van der Waals surface area contributed by atoms with Crippen LogP contribution in [-0.4, -0.2) is 20.8 Å². The number of benzene rings is 1. The van der Waals surface area contributed by atoms with Crippen LogP contribution in [0, 0.1) is 0 Å². The smallest absolute Gasteiger partial charge is 0.257 e. The lowest BCUT2D eigenvalue weighted by atomic mass is 10.1. The molecule has 0 saturated heterocycles. The van der Waals surface area contributed by atoms with Crippen LogP contribution in [0.5, 0.6) is 0 Å². The number of thioether (sulfide) groups is 1. The second-order valence-corrected chi connectivity index (χ2v) is 5.04. The van der Waals surface area contributed by atoms with E-state index in [0.717, 1.165) is 16.2 Å². The molecule has 2 heterocycles. The molecule has 3 aromatic rings. The molecule has 3 rings (SSSR count). The molecule has 0 amide bonds. The van der Waals surface area contributed by atoms with Crippen LogP contribution in [-0.2, 0) is 7.05 Å². The zero-order valence-corrected chi connectivity index (χ0v) is 11.5. The van der Waals surface area contributed by atoms with Crippen molar-refractivity contribution < 1.29 is 0 Å². The van der Waals surface area contributed by atoms with E-state index in [1.54, 1.807) is 11.8 Å². The average molecular weight is 271 g/mol. The molecule has 0 aliphatic rings. The lowest BCUT2D eigenvalue weighted by Crippen LogP contribution is -2.08. The molecule has 0 bridgehead atoms. The fourth-order valence-electron chi connectivity index (χ4n) is 2.14. The fraction of sp³-hybridized carbons (Fsp3) is 0.143. The van der Waals surface area contributed by atoms with Gasteiger partial charge in [0.2, 0.25) is 0 Å². The number of aromatic amines is 1. The predicted octanol–water partition coefficient (Wildman–Crippen LogP) is 2.65. The van der Waals surface area contributed by atoms with Crippen LogP contribution in [0.4, 0.5) is 0 Å². The quantitative estimate of drug-likeness (QED) is 0.729. The Labute approximate surface area is 114 Å². The van der Waals surface area contributed by atoms with Crippen LogP contribution < -0.4 is 5.56 Å². The monoisotopic (exact) mass is 271 g/mol. The van der Waals surface area contributed by atoms with Crippen LogP contribution in [0.25, 0.3) is 22.3 Å². The minimum atomic E-state index is -0.107. The van der Waals surface area contributed by atoms with E-state index in [9.17, 15) is 4.79 Å². The van der Waals surface area contributed by atoms with Gasteiger partial charge in [-0.25, -0.2) is 4.98 Å². The first kappa shape index (κ1) is 12.0. The van der Waals surface area contributed by atoms with Gasteiger partial charge >= 0.3 is 0 Å². The van der Waals surface area contributed by atoms with Gasteiger partial charge in [-0.15, -0.1) is 0 Å². The summed E-state index contributed by atoms with van der Waals surface area (Å²) in [5.41, 5.74) is 3.05. The summed E-state index contributed by atoms with van der Waals surface area (Å²) in [6, 6.07) is 11.6. The highest BCUT2D eigenvalue weighted by Crippen LogP contribution is 2.22. The van der Waals surface area contributed by atoms with Gasteiger partial charge in [-0.1, -0.05) is 42.1 Å². The molecule has 5 heteroatoms. The molecule has 1 aromatic carbocycles. The van der Waals surface area contributed by atoms with Gasteiger partial charge in [0.25, 0.3) is 5.56 Å². The first-order chi connectivity index (χ1) is 9.20. The lowest BCUT2D eigenvalue weighted by molar-refractivity contribution is 0.816. The molecular formula is C14H13N3OS. The Morgan fingerprint density at radius 2 is 2.00 bits per heavy atom. The van der Waals surface area contributed by atoms with Crippen molar-refractivity contribution in [2.24, 2.45) is 7.05 Å². The Hall–Kier alpha value is -2.01. The van der Waals surface area contributed by atoms with Gasteiger partial charge in [0.1, 0.15) is 0 Å². The molecule has 4 nitrogen and oxygen atoms in total. The number of nitrogens with zero attached hydrogens (tertiary/aromatic N) is 2. The Morgan fingerprint density at radius 3 is 2.68 bits per heavy atom. The number of imidazole rings is 1. The third-order valence-electron chi connectivity index (χ3n) is 3.12. The largest absolute Gasteiger partial charge is 0.321 e. The van der Waals surface area contributed by atoms with Crippen molar-refractivity contribution in [3.8, 4) is 11.1 Å². The second-order valence-electron chi connectivity index (χ2n) is 4.27. The summed E-state index contributed by atoms with van der Waals surface area (Å²) in [6.07, 6.45) is 1.97. The highest BCUT2D eigenvalue weighted by molar-refractivity contribution is 7.98. The standard InChI is InChI=1S/C14H13N3OS/c1-17-11-8-10(9-6-4-3-5-7-9)13(18)15-12(11)16-14(17)19-2/h3-8H,1-2H3,(H,15,18). The van der Waals surface area contributed by atoms with Crippen molar-refractivity contribution >= 4 is 22.9 Å². The first-order valence-electron chi connectivity index (χ1n) is 5.90. The number of aryl methyl sites for hydroxylation is 1. The van der Waals surface area contributed by atoms with Gasteiger partial charge in [-0.05, 0) is 17.9 Å². The number of H-pyrrole nitrogens is 1. The maximum atomic E-state index is 12.1. The summed E-state index contributed by atoms with van der Waals surface area (Å²) in [4.78, 5) is 19.4. The topological polar surface area (TPSA) is 50.7 Å². The molecule has 96 valence electrons. The van der Waals surface area contributed by atoms with E-state index in [4.69, 9.17) is 0 Å². The van der Waals surface area contributed by atoms with Crippen LogP contribution in [0.1, 0.15) is 0 Å². The Kier molecular flexibility index (Phi) is 2.91. The van der Waals surface area contributed by atoms with Crippen LogP contribution in [0.3, 0.4) is 0 Å². The normalized spacial score (nSPS) is 11.1. The Bertz CT molecular complexity index is 790. The van der Waals surface area contributed by atoms with Crippen molar-refractivity contribution in [1.29, 1.82) is 0 Å². The third kappa shape index (κ3) is 1.96. The van der Waals surface area contributed by atoms with Crippen LogP contribution >= 0.6 is 11.8 Å². The number of nitrogens with one attached hydrogen (secondary N) is 1. The Morgan fingerprint density at radius 1 is 1.26 bits per heavy atom. The zero-order chi connectivity index (χ0) is 13.4. The summed E-state index contributed by atoms with van der Waals surface area (Å²) >= 11 is 1.56. The van der Waals surface area contributed by atoms with E-state index >= 15 is 0 Å². The summed E-state index contributed by atoms with van der Waals surface area (Å²) in [5.74, 6) is 0. The maximum absolute atomic E-state index is 12.1. The molecule has 0 radical (unpaired) electrons. The molecule has 2 aromatic heterocycles. The van der Waals surface area contributed by atoms with Crippen LogP contribution in [0.15, 0.2) is 46.3 Å². The number of hydrogen-bond acceptors (Lipinski definition) is 3. The van der Waals surface area contributed by atoms with E-state index in [-0.39, 0.29) is 5.56 Å². The van der Waals surface area contributed by atoms with Gasteiger partial charge in [0, 0.05) is 12.6 Å². The molecule has 0 spiro atoms. The van der Waals surface area contributed by atoms with E-state index in [0.29, 0.717) is 11.2 Å². The summed E-state index contributed by atoms with van der Waals surface area (Å²) < 4.78 is 1.99. The minimum absolute atomic E-state index is 0.107. The van der Waals surface area contributed by atoms with Crippen molar-refractivity contribution in [2.45, 2.75) is 5.16 Å². The van der Waals surface area contributed by atoms with Gasteiger partial charge in [-0.2, -0.15) is 0 Å². The molecule has 0 fully saturated rings.